The maximum absolute atomic E-state index is 12.6. The number of hydrogen-bond acceptors (Lipinski definition) is 5. The van der Waals surface area contributed by atoms with Crippen molar-refractivity contribution in [2.75, 3.05) is 37.7 Å². The summed E-state index contributed by atoms with van der Waals surface area (Å²) < 4.78 is 23.0. The van der Waals surface area contributed by atoms with Crippen molar-refractivity contribution >= 4 is 40.6 Å². The van der Waals surface area contributed by atoms with Crippen LogP contribution in [0.1, 0.15) is 29.3 Å². The van der Waals surface area contributed by atoms with Gasteiger partial charge in [-0.05, 0) is 43.1 Å². The monoisotopic (exact) mass is 437 g/mol. The van der Waals surface area contributed by atoms with Crippen molar-refractivity contribution in [3.8, 4) is 0 Å². The Labute approximate surface area is 174 Å². The van der Waals surface area contributed by atoms with Crippen LogP contribution in [0.2, 0.25) is 0 Å². The van der Waals surface area contributed by atoms with Gasteiger partial charge in [-0.3, -0.25) is 9.69 Å². The Morgan fingerprint density at radius 2 is 1.96 bits per heavy atom. The summed E-state index contributed by atoms with van der Waals surface area (Å²) in [4.78, 5) is 14.7. The number of carbonyl (C=O) groups excluding carboxylic acids is 1. The number of nitrogens with zero attached hydrogens (tertiary/aromatic N) is 1. The third-order valence-electron chi connectivity index (χ3n) is 5.13. The summed E-state index contributed by atoms with van der Waals surface area (Å²) in [6.07, 6.45) is 0.953. The highest BCUT2D eigenvalue weighted by Crippen LogP contribution is 2.14. The van der Waals surface area contributed by atoms with Crippen molar-refractivity contribution in [3.05, 3.63) is 35.4 Å². The number of nitrogens with one attached hydrogen (secondary N) is 2. The van der Waals surface area contributed by atoms with E-state index >= 15 is 0 Å². The SMILES string of the molecule is CC1CNCCC1NC(=O)c1cccc(CN2CCS(=O)(=O)CC2)c1.Cl.Cl. The number of halogens is 2. The van der Waals surface area contributed by atoms with Gasteiger partial charge in [0.15, 0.2) is 9.84 Å². The summed E-state index contributed by atoms with van der Waals surface area (Å²) in [5.74, 6) is 0.847. The van der Waals surface area contributed by atoms with Gasteiger partial charge in [-0.15, -0.1) is 24.8 Å². The van der Waals surface area contributed by atoms with Crippen LogP contribution >= 0.6 is 24.8 Å². The van der Waals surface area contributed by atoms with E-state index in [9.17, 15) is 13.2 Å². The van der Waals surface area contributed by atoms with E-state index < -0.39 is 9.84 Å². The summed E-state index contributed by atoms with van der Waals surface area (Å²) in [6, 6.07) is 7.86. The first kappa shape index (κ1) is 24.2. The molecule has 1 amide bonds. The van der Waals surface area contributed by atoms with E-state index in [-0.39, 0.29) is 48.3 Å². The summed E-state index contributed by atoms with van der Waals surface area (Å²) in [5.41, 5.74) is 1.72. The first-order valence-electron chi connectivity index (χ1n) is 8.96. The Hall–Kier alpha value is -0.860. The maximum Gasteiger partial charge on any atom is 0.251 e. The van der Waals surface area contributed by atoms with Crippen LogP contribution in [0.4, 0.5) is 0 Å². The summed E-state index contributed by atoms with van der Waals surface area (Å²) in [5, 5.41) is 6.49. The van der Waals surface area contributed by atoms with Gasteiger partial charge in [0.25, 0.3) is 5.91 Å². The van der Waals surface area contributed by atoms with E-state index in [0.29, 0.717) is 31.1 Å². The molecule has 6 nitrogen and oxygen atoms in total. The van der Waals surface area contributed by atoms with Crippen LogP contribution in [0.25, 0.3) is 0 Å². The highest BCUT2D eigenvalue weighted by Gasteiger charge is 2.24. The molecule has 2 heterocycles. The Kier molecular flexibility index (Phi) is 9.51. The zero-order valence-corrected chi connectivity index (χ0v) is 18.0. The lowest BCUT2D eigenvalue weighted by Crippen LogP contribution is -2.48. The maximum atomic E-state index is 12.6. The molecule has 1 aromatic rings. The van der Waals surface area contributed by atoms with E-state index in [1.54, 1.807) is 0 Å². The fourth-order valence-corrected chi connectivity index (χ4v) is 4.73. The number of benzene rings is 1. The van der Waals surface area contributed by atoms with Gasteiger partial charge in [0.1, 0.15) is 0 Å². The quantitative estimate of drug-likeness (QED) is 0.745. The minimum absolute atomic E-state index is 0. The number of piperidine rings is 1. The normalized spacial score (nSPS) is 24.9. The van der Waals surface area contributed by atoms with Gasteiger partial charge in [-0.1, -0.05) is 19.1 Å². The second-order valence-electron chi connectivity index (χ2n) is 7.18. The van der Waals surface area contributed by atoms with E-state index in [1.807, 2.05) is 24.3 Å². The van der Waals surface area contributed by atoms with Crippen molar-refractivity contribution in [1.82, 2.24) is 15.5 Å². The molecule has 2 aliphatic heterocycles. The van der Waals surface area contributed by atoms with Crippen molar-refractivity contribution in [2.45, 2.75) is 25.9 Å². The first-order valence-corrected chi connectivity index (χ1v) is 10.8. The van der Waals surface area contributed by atoms with E-state index in [0.717, 1.165) is 25.1 Å². The minimum Gasteiger partial charge on any atom is -0.349 e. The third-order valence-corrected chi connectivity index (χ3v) is 6.74. The molecule has 0 saturated carbocycles. The molecule has 27 heavy (non-hydrogen) atoms. The molecule has 0 radical (unpaired) electrons. The van der Waals surface area contributed by atoms with Crippen LogP contribution in [0.5, 0.6) is 0 Å². The lowest BCUT2D eigenvalue weighted by atomic mass is 9.95. The van der Waals surface area contributed by atoms with E-state index in [1.165, 1.54) is 0 Å². The van der Waals surface area contributed by atoms with Crippen LogP contribution in [0.3, 0.4) is 0 Å². The van der Waals surface area contributed by atoms with Gasteiger partial charge in [-0.2, -0.15) is 0 Å². The Bertz CT molecular complexity index is 716. The van der Waals surface area contributed by atoms with Gasteiger partial charge < -0.3 is 10.6 Å². The molecule has 0 aromatic heterocycles. The molecule has 154 valence electrons. The minimum atomic E-state index is -2.86. The van der Waals surface area contributed by atoms with Crippen LogP contribution in [0, 0.1) is 5.92 Å². The number of rotatable bonds is 4. The van der Waals surface area contributed by atoms with Crippen molar-refractivity contribution in [2.24, 2.45) is 5.92 Å². The average Bonchev–Trinajstić information content (AvgIpc) is 2.59. The largest absolute Gasteiger partial charge is 0.349 e. The predicted octanol–water partition coefficient (Wildman–Crippen LogP) is 1.49. The van der Waals surface area contributed by atoms with Gasteiger partial charge >= 0.3 is 0 Å². The molecule has 3 rings (SSSR count). The first-order chi connectivity index (χ1) is 11.9. The molecule has 0 bridgehead atoms. The Morgan fingerprint density at radius 1 is 1.26 bits per heavy atom. The van der Waals surface area contributed by atoms with Gasteiger partial charge in [0.2, 0.25) is 0 Å². The number of amides is 1. The lowest BCUT2D eigenvalue weighted by molar-refractivity contribution is 0.0914. The second kappa shape index (κ2) is 10.6. The molecule has 2 atom stereocenters. The average molecular weight is 438 g/mol. The molecule has 2 saturated heterocycles. The molecule has 1 aromatic carbocycles. The highest BCUT2D eigenvalue weighted by atomic mass is 35.5. The summed E-state index contributed by atoms with van der Waals surface area (Å²) in [6.45, 7) is 5.82. The summed E-state index contributed by atoms with van der Waals surface area (Å²) >= 11 is 0. The van der Waals surface area contributed by atoms with Gasteiger partial charge in [-0.25, -0.2) is 8.42 Å². The molecule has 0 aliphatic carbocycles. The van der Waals surface area contributed by atoms with Crippen LogP contribution in [-0.2, 0) is 16.4 Å². The van der Waals surface area contributed by atoms with E-state index in [2.05, 4.69) is 22.5 Å². The standard InChI is InChI=1S/C18H27N3O3S.2ClH/c1-14-12-19-6-5-17(14)20-18(22)16-4-2-3-15(11-16)13-21-7-9-25(23,24)10-8-21;;/h2-4,11,14,17,19H,5-10,12-13H2,1H3,(H,20,22);2*1H. The predicted molar refractivity (Wildman–Crippen MR) is 113 cm³/mol. The Morgan fingerprint density at radius 3 is 2.63 bits per heavy atom. The smallest absolute Gasteiger partial charge is 0.251 e. The zero-order valence-electron chi connectivity index (χ0n) is 15.5. The summed E-state index contributed by atoms with van der Waals surface area (Å²) in [7, 11) is -2.86. The molecule has 0 spiro atoms. The molecule has 2 N–H and O–H groups in total. The molecule has 9 heteroatoms. The molecular weight excluding hydrogens is 409 g/mol. The van der Waals surface area contributed by atoms with Crippen molar-refractivity contribution < 1.29 is 13.2 Å². The van der Waals surface area contributed by atoms with Crippen molar-refractivity contribution in [3.63, 3.8) is 0 Å². The highest BCUT2D eigenvalue weighted by molar-refractivity contribution is 7.91. The van der Waals surface area contributed by atoms with Crippen LogP contribution < -0.4 is 10.6 Å². The molecule has 2 fully saturated rings. The molecular formula is C18H29Cl2N3O3S. The Balaban J connectivity index is 0.00000182. The number of carbonyl (C=O) groups is 1. The second-order valence-corrected chi connectivity index (χ2v) is 9.48. The molecule has 2 unspecified atom stereocenters. The fraction of sp³-hybridized carbons (Fsp3) is 0.611. The lowest BCUT2D eigenvalue weighted by Gasteiger charge is -2.30. The number of sulfone groups is 1. The van der Waals surface area contributed by atoms with Crippen molar-refractivity contribution in [1.29, 1.82) is 0 Å². The molecule has 2 aliphatic rings. The number of hydrogen-bond donors (Lipinski definition) is 2. The topological polar surface area (TPSA) is 78.5 Å². The van der Waals surface area contributed by atoms with Gasteiger partial charge in [0.05, 0.1) is 11.5 Å². The van der Waals surface area contributed by atoms with E-state index in [4.69, 9.17) is 0 Å². The van der Waals surface area contributed by atoms with Crippen LogP contribution in [-0.4, -0.2) is 63.0 Å². The third kappa shape index (κ3) is 6.91. The zero-order chi connectivity index (χ0) is 17.9. The fourth-order valence-electron chi connectivity index (χ4n) is 3.46. The van der Waals surface area contributed by atoms with Gasteiger partial charge in [0, 0.05) is 31.2 Å². The van der Waals surface area contributed by atoms with Crippen LogP contribution in [0.15, 0.2) is 24.3 Å².